The van der Waals surface area contributed by atoms with E-state index < -0.39 is 0 Å². The Labute approximate surface area is 79.8 Å². The highest BCUT2D eigenvalue weighted by Crippen LogP contribution is 2.11. The number of rotatable bonds is 1. The number of aromatic amines is 1. The van der Waals surface area contributed by atoms with Crippen LogP contribution in [0.1, 0.15) is 5.56 Å². The first kappa shape index (κ1) is 8.74. The number of aryl methyl sites for hydroxylation is 1. The van der Waals surface area contributed by atoms with E-state index in [9.17, 15) is 9.18 Å². The number of hydrogen-bond donors (Lipinski definition) is 1. The van der Waals surface area contributed by atoms with Crippen LogP contribution in [-0.4, -0.2) is 9.55 Å². The first-order chi connectivity index (χ1) is 6.68. The van der Waals surface area contributed by atoms with E-state index in [-0.39, 0.29) is 11.5 Å². The van der Waals surface area contributed by atoms with Crippen molar-refractivity contribution in [1.82, 2.24) is 9.55 Å². The molecular formula is C10H9FN2O. The van der Waals surface area contributed by atoms with Gasteiger partial charge in [0, 0.05) is 12.4 Å². The first-order valence-corrected chi connectivity index (χ1v) is 4.21. The highest BCUT2D eigenvalue weighted by molar-refractivity contribution is 5.35. The van der Waals surface area contributed by atoms with Crippen molar-refractivity contribution in [2.45, 2.75) is 6.92 Å². The molecular weight excluding hydrogens is 183 g/mol. The van der Waals surface area contributed by atoms with Gasteiger partial charge in [0.15, 0.2) is 0 Å². The van der Waals surface area contributed by atoms with Gasteiger partial charge in [0.1, 0.15) is 5.82 Å². The highest BCUT2D eigenvalue weighted by Gasteiger charge is 2.02. The normalized spacial score (nSPS) is 10.4. The number of imidazole rings is 1. The van der Waals surface area contributed by atoms with Gasteiger partial charge in [-0.1, -0.05) is 6.07 Å². The Bertz CT molecular complexity index is 513. The molecule has 2 rings (SSSR count). The highest BCUT2D eigenvalue weighted by atomic mass is 19.1. The van der Waals surface area contributed by atoms with Gasteiger partial charge in [-0.3, -0.25) is 4.57 Å². The number of nitrogens with one attached hydrogen (secondary N) is 1. The lowest BCUT2D eigenvalue weighted by Gasteiger charge is -2.02. The first-order valence-electron chi connectivity index (χ1n) is 4.21. The minimum atomic E-state index is -0.310. The van der Waals surface area contributed by atoms with Gasteiger partial charge in [0.2, 0.25) is 0 Å². The molecule has 3 nitrogen and oxygen atoms in total. The molecule has 0 unspecified atom stereocenters. The Balaban J connectivity index is 2.59. The fraction of sp³-hybridized carbons (Fsp3) is 0.100. The molecule has 72 valence electrons. The van der Waals surface area contributed by atoms with E-state index in [4.69, 9.17) is 0 Å². The second kappa shape index (κ2) is 3.14. The van der Waals surface area contributed by atoms with Crippen LogP contribution < -0.4 is 5.69 Å². The summed E-state index contributed by atoms with van der Waals surface area (Å²) in [5.41, 5.74) is 0.824. The maximum absolute atomic E-state index is 13.2. The molecule has 1 aromatic carbocycles. The average Bonchev–Trinajstić information content (AvgIpc) is 2.57. The molecule has 14 heavy (non-hydrogen) atoms. The van der Waals surface area contributed by atoms with Gasteiger partial charge >= 0.3 is 5.69 Å². The Kier molecular flexibility index (Phi) is 1.96. The molecule has 0 fully saturated rings. The molecule has 0 aliphatic rings. The van der Waals surface area contributed by atoms with Crippen LogP contribution in [0.5, 0.6) is 0 Å². The maximum atomic E-state index is 13.2. The molecule has 0 aliphatic heterocycles. The van der Waals surface area contributed by atoms with Gasteiger partial charge in [0.05, 0.1) is 5.69 Å². The zero-order chi connectivity index (χ0) is 10.1. The monoisotopic (exact) mass is 192 g/mol. The van der Waals surface area contributed by atoms with Crippen LogP contribution in [0.4, 0.5) is 4.39 Å². The molecule has 2 aromatic rings. The number of aromatic nitrogens is 2. The fourth-order valence-electron chi connectivity index (χ4n) is 1.26. The topological polar surface area (TPSA) is 37.8 Å². The molecule has 0 saturated heterocycles. The van der Waals surface area contributed by atoms with Crippen molar-refractivity contribution in [2.24, 2.45) is 0 Å². The van der Waals surface area contributed by atoms with Crippen molar-refractivity contribution < 1.29 is 4.39 Å². The summed E-state index contributed by atoms with van der Waals surface area (Å²) in [6, 6.07) is 4.68. The summed E-state index contributed by atoms with van der Waals surface area (Å²) >= 11 is 0. The van der Waals surface area contributed by atoms with Gasteiger partial charge in [-0.15, -0.1) is 0 Å². The zero-order valence-corrected chi connectivity index (χ0v) is 7.62. The lowest BCUT2D eigenvalue weighted by Crippen LogP contribution is -2.14. The van der Waals surface area contributed by atoms with Gasteiger partial charge in [-0.05, 0) is 24.6 Å². The lowest BCUT2D eigenvalue weighted by molar-refractivity contribution is 0.617. The second-order valence-corrected chi connectivity index (χ2v) is 3.07. The van der Waals surface area contributed by atoms with E-state index in [1.165, 1.54) is 16.8 Å². The van der Waals surface area contributed by atoms with E-state index in [2.05, 4.69) is 4.98 Å². The minimum Gasteiger partial charge on any atom is -0.312 e. The smallest absolute Gasteiger partial charge is 0.312 e. The van der Waals surface area contributed by atoms with E-state index in [1.54, 1.807) is 25.3 Å². The van der Waals surface area contributed by atoms with Crippen molar-refractivity contribution >= 4 is 0 Å². The lowest BCUT2D eigenvalue weighted by atomic mass is 10.2. The zero-order valence-electron chi connectivity index (χ0n) is 7.62. The molecule has 4 heteroatoms. The standard InChI is InChI=1S/C10H9FN2O/c1-7-2-3-8(6-9(7)11)13-5-4-12-10(13)14/h2-6H,1H3,(H,12,14). The number of hydrogen-bond acceptors (Lipinski definition) is 1. The molecule has 0 saturated carbocycles. The SMILES string of the molecule is Cc1ccc(-n2cc[nH]c2=O)cc1F. The van der Waals surface area contributed by atoms with Crippen molar-refractivity contribution in [3.63, 3.8) is 0 Å². The Morgan fingerprint density at radius 2 is 2.21 bits per heavy atom. The van der Waals surface area contributed by atoms with Crippen LogP contribution in [0.25, 0.3) is 5.69 Å². The minimum absolute atomic E-state index is 0.270. The molecule has 0 atom stereocenters. The van der Waals surface area contributed by atoms with Crippen molar-refractivity contribution in [3.8, 4) is 5.69 Å². The second-order valence-electron chi connectivity index (χ2n) is 3.07. The van der Waals surface area contributed by atoms with Crippen molar-refractivity contribution in [2.75, 3.05) is 0 Å². The third kappa shape index (κ3) is 1.35. The van der Waals surface area contributed by atoms with Gasteiger partial charge < -0.3 is 4.98 Å². The molecule has 1 N–H and O–H groups in total. The van der Waals surface area contributed by atoms with Crippen LogP contribution in [0.3, 0.4) is 0 Å². The fourth-order valence-corrected chi connectivity index (χ4v) is 1.26. The summed E-state index contributed by atoms with van der Waals surface area (Å²) in [6.07, 6.45) is 3.08. The van der Waals surface area contributed by atoms with Crippen molar-refractivity contribution in [1.29, 1.82) is 0 Å². The molecule has 0 amide bonds. The Morgan fingerprint density at radius 1 is 1.43 bits per heavy atom. The average molecular weight is 192 g/mol. The predicted molar refractivity (Wildman–Crippen MR) is 51.1 cm³/mol. The van der Waals surface area contributed by atoms with Gasteiger partial charge in [-0.25, -0.2) is 9.18 Å². The van der Waals surface area contributed by atoms with Crippen LogP contribution in [0.2, 0.25) is 0 Å². The molecule has 0 aliphatic carbocycles. The van der Waals surface area contributed by atoms with Gasteiger partial charge in [0.25, 0.3) is 0 Å². The largest absolute Gasteiger partial charge is 0.330 e. The number of H-pyrrole nitrogens is 1. The summed E-state index contributed by atoms with van der Waals surface area (Å²) in [7, 11) is 0. The molecule has 0 bridgehead atoms. The van der Waals surface area contributed by atoms with E-state index in [1.807, 2.05) is 0 Å². The number of benzene rings is 1. The van der Waals surface area contributed by atoms with E-state index in [0.29, 0.717) is 11.3 Å². The summed E-state index contributed by atoms with van der Waals surface area (Å²) < 4.78 is 14.5. The predicted octanol–water partition coefficient (Wildman–Crippen LogP) is 1.61. The number of nitrogens with zero attached hydrogens (tertiary/aromatic N) is 1. The quantitative estimate of drug-likeness (QED) is 0.732. The number of halogens is 1. The van der Waals surface area contributed by atoms with Crippen LogP contribution in [-0.2, 0) is 0 Å². The molecule has 1 aromatic heterocycles. The van der Waals surface area contributed by atoms with E-state index in [0.717, 1.165) is 0 Å². The Morgan fingerprint density at radius 3 is 2.79 bits per heavy atom. The van der Waals surface area contributed by atoms with Gasteiger partial charge in [-0.2, -0.15) is 0 Å². The summed E-state index contributed by atoms with van der Waals surface area (Å²) in [6.45, 7) is 1.68. The summed E-state index contributed by atoms with van der Waals surface area (Å²) in [4.78, 5) is 13.7. The van der Waals surface area contributed by atoms with Crippen LogP contribution in [0.15, 0.2) is 35.4 Å². The third-order valence-electron chi connectivity index (χ3n) is 2.08. The molecule has 0 spiro atoms. The molecule has 1 heterocycles. The summed E-state index contributed by atoms with van der Waals surface area (Å²) in [5.74, 6) is -0.310. The summed E-state index contributed by atoms with van der Waals surface area (Å²) in [5, 5.41) is 0. The van der Waals surface area contributed by atoms with Crippen molar-refractivity contribution in [3.05, 3.63) is 52.5 Å². The Hall–Kier alpha value is -1.84. The van der Waals surface area contributed by atoms with E-state index >= 15 is 0 Å². The van der Waals surface area contributed by atoms with Crippen LogP contribution in [0, 0.1) is 12.7 Å². The molecule has 0 radical (unpaired) electrons. The van der Waals surface area contributed by atoms with Crippen LogP contribution >= 0.6 is 0 Å². The maximum Gasteiger partial charge on any atom is 0.330 e. The third-order valence-corrected chi connectivity index (χ3v) is 2.08.